The van der Waals surface area contributed by atoms with Gasteiger partial charge in [-0.25, -0.2) is 13.2 Å². The number of benzene rings is 2. The van der Waals surface area contributed by atoms with E-state index in [2.05, 4.69) is 5.32 Å². The molecule has 124 valence electrons. The zero-order chi connectivity index (χ0) is 17.0. The molecule has 0 aliphatic rings. The van der Waals surface area contributed by atoms with Crippen molar-refractivity contribution in [2.24, 2.45) is 0 Å². The average molecular weight is 325 g/mol. The molecule has 23 heavy (non-hydrogen) atoms. The predicted molar refractivity (Wildman–Crippen MR) is 80.7 cm³/mol. The number of hydrogen-bond acceptors (Lipinski definition) is 3. The smallest absolute Gasteiger partial charge is 0.165 e. The van der Waals surface area contributed by atoms with E-state index in [4.69, 9.17) is 4.74 Å². The van der Waals surface area contributed by atoms with E-state index in [0.29, 0.717) is 5.56 Å². The first kappa shape index (κ1) is 17.3. The van der Waals surface area contributed by atoms with Gasteiger partial charge in [-0.15, -0.1) is 0 Å². The molecule has 2 atom stereocenters. The Balaban J connectivity index is 2.04. The quantitative estimate of drug-likeness (QED) is 0.854. The number of hydrogen-bond donors (Lipinski definition) is 2. The van der Waals surface area contributed by atoms with Crippen molar-refractivity contribution in [2.75, 3.05) is 13.7 Å². The van der Waals surface area contributed by atoms with Gasteiger partial charge in [0.25, 0.3) is 0 Å². The summed E-state index contributed by atoms with van der Waals surface area (Å²) < 4.78 is 45.7. The summed E-state index contributed by atoms with van der Waals surface area (Å²) in [6.45, 7) is 1.68. The third kappa shape index (κ3) is 4.03. The maximum atomic E-state index is 13.7. The molecule has 0 saturated heterocycles. The molecule has 2 aromatic carbocycles. The predicted octanol–water partition coefficient (Wildman–Crippen LogP) is 3.50. The van der Waals surface area contributed by atoms with Gasteiger partial charge in [-0.2, -0.15) is 0 Å². The minimum absolute atomic E-state index is 0.0767. The van der Waals surface area contributed by atoms with Crippen molar-refractivity contribution in [1.29, 1.82) is 0 Å². The van der Waals surface area contributed by atoms with Crippen molar-refractivity contribution in [1.82, 2.24) is 5.32 Å². The van der Waals surface area contributed by atoms with Crippen molar-refractivity contribution >= 4 is 0 Å². The average Bonchev–Trinajstić information content (AvgIpc) is 2.52. The van der Waals surface area contributed by atoms with Crippen LogP contribution in [0.5, 0.6) is 5.75 Å². The first-order valence-corrected chi connectivity index (χ1v) is 7.12. The molecule has 6 heteroatoms. The Hall–Kier alpha value is -2.05. The zero-order valence-corrected chi connectivity index (χ0v) is 12.8. The molecule has 3 nitrogen and oxygen atoms in total. The molecule has 0 heterocycles. The summed E-state index contributed by atoms with van der Waals surface area (Å²) >= 11 is 0. The van der Waals surface area contributed by atoms with Crippen LogP contribution in [-0.4, -0.2) is 18.8 Å². The van der Waals surface area contributed by atoms with Crippen LogP contribution in [0.1, 0.15) is 30.2 Å². The number of nitrogens with one attached hydrogen (secondary N) is 1. The summed E-state index contributed by atoms with van der Waals surface area (Å²) in [7, 11) is 1.37. The zero-order valence-electron chi connectivity index (χ0n) is 12.8. The van der Waals surface area contributed by atoms with Crippen LogP contribution in [0.4, 0.5) is 13.2 Å². The van der Waals surface area contributed by atoms with Crippen LogP contribution in [0.25, 0.3) is 0 Å². The molecule has 0 saturated carbocycles. The van der Waals surface area contributed by atoms with E-state index in [0.717, 1.165) is 12.1 Å². The van der Waals surface area contributed by atoms with Gasteiger partial charge in [0, 0.05) is 12.6 Å². The lowest BCUT2D eigenvalue weighted by atomic mass is 10.1. The number of aliphatic hydroxyl groups excluding tert-OH is 1. The number of methoxy groups -OCH3 is 1. The molecule has 2 unspecified atom stereocenters. The molecule has 2 N–H and O–H groups in total. The fourth-order valence-corrected chi connectivity index (χ4v) is 2.29. The van der Waals surface area contributed by atoms with Gasteiger partial charge >= 0.3 is 0 Å². The summed E-state index contributed by atoms with van der Waals surface area (Å²) in [6.07, 6.45) is -1.35. The minimum Gasteiger partial charge on any atom is -0.494 e. The number of halogens is 3. The largest absolute Gasteiger partial charge is 0.494 e. The lowest BCUT2D eigenvalue weighted by Crippen LogP contribution is -2.25. The Morgan fingerprint density at radius 3 is 2.30 bits per heavy atom. The summed E-state index contributed by atoms with van der Waals surface area (Å²) in [5.41, 5.74) is 0.248. The maximum Gasteiger partial charge on any atom is 0.165 e. The normalized spacial score (nSPS) is 13.7. The summed E-state index contributed by atoms with van der Waals surface area (Å²) in [5, 5.41) is 12.9. The van der Waals surface area contributed by atoms with Crippen LogP contribution < -0.4 is 10.1 Å². The second kappa shape index (κ2) is 7.48. The van der Waals surface area contributed by atoms with E-state index in [-0.39, 0.29) is 23.9 Å². The van der Waals surface area contributed by atoms with Crippen LogP contribution in [-0.2, 0) is 0 Å². The fourth-order valence-electron chi connectivity index (χ4n) is 2.29. The van der Waals surface area contributed by atoms with Gasteiger partial charge in [-0.1, -0.05) is 12.1 Å². The summed E-state index contributed by atoms with van der Waals surface area (Å²) in [5.74, 6) is -1.97. The number of ether oxygens (including phenoxy) is 1. The maximum absolute atomic E-state index is 13.7. The molecule has 0 radical (unpaired) electrons. The Morgan fingerprint density at radius 1 is 1.09 bits per heavy atom. The molecule has 0 aliphatic carbocycles. The van der Waals surface area contributed by atoms with Crippen LogP contribution in [0.2, 0.25) is 0 Å². The van der Waals surface area contributed by atoms with E-state index in [1.165, 1.54) is 25.3 Å². The highest BCUT2D eigenvalue weighted by molar-refractivity contribution is 5.31. The van der Waals surface area contributed by atoms with Crippen LogP contribution in [0.3, 0.4) is 0 Å². The molecule has 0 bridgehead atoms. The standard InChI is InChI=1S/C17H18F3NO2/c1-10(11-6-7-16(23-2)14(20)8-11)21-9-15(22)17-12(18)4-3-5-13(17)19/h3-8,10,15,21-22H,9H2,1-2H3. The van der Waals surface area contributed by atoms with Gasteiger partial charge in [0.1, 0.15) is 11.6 Å². The Labute approximate surface area is 132 Å². The van der Waals surface area contributed by atoms with Crippen molar-refractivity contribution in [2.45, 2.75) is 19.1 Å². The van der Waals surface area contributed by atoms with E-state index >= 15 is 0 Å². The number of rotatable bonds is 6. The first-order valence-electron chi connectivity index (χ1n) is 7.12. The van der Waals surface area contributed by atoms with Crippen molar-refractivity contribution < 1.29 is 23.0 Å². The monoisotopic (exact) mass is 325 g/mol. The van der Waals surface area contributed by atoms with Crippen LogP contribution in [0.15, 0.2) is 36.4 Å². The molecule has 0 aliphatic heterocycles. The Bertz CT molecular complexity index is 659. The molecular weight excluding hydrogens is 307 g/mol. The van der Waals surface area contributed by atoms with Crippen LogP contribution >= 0.6 is 0 Å². The highest BCUT2D eigenvalue weighted by atomic mass is 19.1. The molecule has 0 aromatic heterocycles. The summed E-state index contributed by atoms with van der Waals surface area (Å²) in [4.78, 5) is 0. The van der Waals surface area contributed by atoms with E-state index in [1.807, 2.05) is 0 Å². The van der Waals surface area contributed by atoms with Gasteiger partial charge in [-0.05, 0) is 36.8 Å². The van der Waals surface area contributed by atoms with Gasteiger partial charge < -0.3 is 15.2 Å². The molecule has 2 rings (SSSR count). The van der Waals surface area contributed by atoms with Gasteiger partial charge in [0.2, 0.25) is 0 Å². The third-order valence-corrected chi connectivity index (χ3v) is 3.63. The van der Waals surface area contributed by atoms with E-state index < -0.39 is 23.6 Å². The van der Waals surface area contributed by atoms with E-state index in [9.17, 15) is 18.3 Å². The molecule has 0 fully saturated rings. The van der Waals surface area contributed by atoms with Gasteiger partial charge in [0.05, 0.1) is 18.8 Å². The molecule has 0 amide bonds. The van der Waals surface area contributed by atoms with Gasteiger partial charge in [-0.3, -0.25) is 0 Å². The highest BCUT2D eigenvalue weighted by Crippen LogP contribution is 2.23. The third-order valence-electron chi connectivity index (χ3n) is 3.63. The fraction of sp³-hybridized carbons (Fsp3) is 0.294. The molecule has 0 spiro atoms. The second-order valence-electron chi connectivity index (χ2n) is 5.18. The Morgan fingerprint density at radius 2 is 1.74 bits per heavy atom. The van der Waals surface area contributed by atoms with Crippen molar-refractivity contribution in [3.63, 3.8) is 0 Å². The van der Waals surface area contributed by atoms with E-state index in [1.54, 1.807) is 13.0 Å². The molecule has 2 aromatic rings. The van der Waals surface area contributed by atoms with Crippen molar-refractivity contribution in [3.8, 4) is 5.75 Å². The SMILES string of the molecule is COc1ccc(C(C)NCC(O)c2c(F)cccc2F)cc1F. The Kier molecular flexibility index (Phi) is 5.63. The lowest BCUT2D eigenvalue weighted by Gasteiger charge is -2.19. The minimum atomic E-state index is -1.35. The van der Waals surface area contributed by atoms with Crippen LogP contribution in [0, 0.1) is 17.5 Å². The van der Waals surface area contributed by atoms with Crippen molar-refractivity contribution in [3.05, 3.63) is 65.0 Å². The lowest BCUT2D eigenvalue weighted by molar-refractivity contribution is 0.161. The highest BCUT2D eigenvalue weighted by Gasteiger charge is 2.18. The number of aliphatic hydroxyl groups is 1. The van der Waals surface area contributed by atoms with Gasteiger partial charge in [0.15, 0.2) is 11.6 Å². The molecular formula is C17H18F3NO2. The summed E-state index contributed by atoms with van der Waals surface area (Å²) in [6, 6.07) is 7.57. The first-order chi connectivity index (χ1) is 10.9. The second-order valence-corrected chi connectivity index (χ2v) is 5.18. The topological polar surface area (TPSA) is 41.5 Å².